The molecule has 3 nitrogen and oxygen atoms in total. The lowest BCUT2D eigenvalue weighted by atomic mass is 10.0. The first-order chi connectivity index (χ1) is 7.42. The minimum atomic E-state index is 0.142. The first kappa shape index (κ1) is 10.6. The molecule has 1 atom stereocenters. The summed E-state index contributed by atoms with van der Waals surface area (Å²) in [6.45, 7) is 1.49. The molecule has 1 heterocycles. The predicted octanol–water partition coefficient (Wildman–Crippen LogP) is 1.75. The van der Waals surface area contributed by atoms with Crippen molar-refractivity contribution >= 4 is 0 Å². The van der Waals surface area contributed by atoms with E-state index in [0.29, 0.717) is 12.6 Å². The molecule has 1 aliphatic heterocycles. The average Bonchev–Trinajstić information content (AvgIpc) is 2.31. The summed E-state index contributed by atoms with van der Waals surface area (Å²) in [5.74, 6) is 0. The Labute approximate surface area is 90.2 Å². The van der Waals surface area contributed by atoms with Gasteiger partial charge in [0, 0.05) is 6.54 Å². The molecule has 2 rings (SSSR count). The molecule has 1 fully saturated rings. The number of hydrogen-bond acceptors (Lipinski definition) is 3. The molecule has 0 radical (unpaired) electrons. The van der Waals surface area contributed by atoms with E-state index in [4.69, 9.17) is 9.94 Å². The lowest BCUT2D eigenvalue weighted by Gasteiger charge is -2.34. The Balaban J connectivity index is 2.11. The molecule has 1 aromatic carbocycles. The summed E-state index contributed by atoms with van der Waals surface area (Å²) in [7, 11) is 0. The van der Waals surface area contributed by atoms with E-state index in [1.807, 2.05) is 23.3 Å². The van der Waals surface area contributed by atoms with E-state index in [9.17, 15) is 0 Å². The van der Waals surface area contributed by atoms with Crippen molar-refractivity contribution in [3.05, 3.63) is 35.9 Å². The highest BCUT2D eigenvalue weighted by molar-refractivity contribution is 5.18. The minimum Gasteiger partial charge on any atom is -0.395 e. The molecule has 15 heavy (non-hydrogen) atoms. The number of nitrogens with zero attached hydrogens (tertiary/aromatic N) is 1. The Morgan fingerprint density at radius 3 is 2.87 bits per heavy atom. The van der Waals surface area contributed by atoms with Crippen molar-refractivity contribution in [2.24, 2.45) is 0 Å². The molecular formula is C12H17NO2. The van der Waals surface area contributed by atoms with Crippen LogP contribution in [0.4, 0.5) is 0 Å². The monoisotopic (exact) mass is 207 g/mol. The van der Waals surface area contributed by atoms with Crippen molar-refractivity contribution in [2.45, 2.75) is 18.9 Å². The van der Waals surface area contributed by atoms with E-state index < -0.39 is 0 Å². The van der Waals surface area contributed by atoms with Gasteiger partial charge in [-0.2, -0.15) is 5.06 Å². The smallest absolute Gasteiger partial charge is 0.0686 e. The fourth-order valence-electron chi connectivity index (χ4n) is 2.02. The van der Waals surface area contributed by atoms with Gasteiger partial charge in [-0.25, -0.2) is 0 Å². The maximum Gasteiger partial charge on any atom is 0.0686 e. The Kier molecular flexibility index (Phi) is 3.72. The normalized spacial score (nSPS) is 22.9. The van der Waals surface area contributed by atoms with E-state index in [1.165, 1.54) is 5.56 Å². The Bertz CT molecular complexity index is 287. The van der Waals surface area contributed by atoms with Crippen molar-refractivity contribution in [3.63, 3.8) is 0 Å². The van der Waals surface area contributed by atoms with Crippen LogP contribution in [0.2, 0.25) is 0 Å². The molecule has 0 spiro atoms. The van der Waals surface area contributed by atoms with Crippen LogP contribution in [0.25, 0.3) is 0 Å². The van der Waals surface area contributed by atoms with Gasteiger partial charge < -0.3 is 5.11 Å². The predicted molar refractivity (Wildman–Crippen MR) is 58.2 cm³/mol. The van der Waals surface area contributed by atoms with Gasteiger partial charge in [0.05, 0.1) is 19.3 Å². The van der Waals surface area contributed by atoms with E-state index in [-0.39, 0.29) is 6.61 Å². The molecule has 1 N–H and O–H groups in total. The van der Waals surface area contributed by atoms with Crippen LogP contribution in [0.3, 0.4) is 0 Å². The average molecular weight is 207 g/mol. The van der Waals surface area contributed by atoms with E-state index in [0.717, 1.165) is 19.4 Å². The maximum absolute atomic E-state index is 8.96. The van der Waals surface area contributed by atoms with Crippen molar-refractivity contribution in [1.82, 2.24) is 5.06 Å². The summed E-state index contributed by atoms with van der Waals surface area (Å²) in [5.41, 5.74) is 1.27. The number of rotatable bonds is 3. The molecule has 82 valence electrons. The van der Waals surface area contributed by atoms with Crippen molar-refractivity contribution in [1.29, 1.82) is 0 Å². The van der Waals surface area contributed by atoms with Crippen LogP contribution in [0.5, 0.6) is 0 Å². The third-order valence-corrected chi connectivity index (χ3v) is 2.73. The second-order valence-electron chi connectivity index (χ2n) is 3.77. The molecule has 0 aromatic heterocycles. The highest BCUT2D eigenvalue weighted by atomic mass is 16.7. The van der Waals surface area contributed by atoms with Crippen LogP contribution in [0, 0.1) is 0 Å². The molecule has 1 aromatic rings. The van der Waals surface area contributed by atoms with Gasteiger partial charge in [-0.15, -0.1) is 0 Å². The number of aliphatic hydroxyl groups is 1. The number of β-amino-alcohol motifs (C(OH)–C–C–N with tert-alkyl or cyclic N) is 1. The van der Waals surface area contributed by atoms with Gasteiger partial charge in [0.15, 0.2) is 0 Å². The zero-order chi connectivity index (χ0) is 10.5. The first-order valence-corrected chi connectivity index (χ1v) is 5.47. The summed E-state index contributed by atoms with van der Waals surface area (Å²) < 4.78 is 0. The highest BCUT2D eigenvalue weighted by Gasteiger charge is 2.24. The van der Waals surface area contributed by atoms with Gasteiger partial charge in [-0.1, -0.05) is 30.3 Å². The van der Waals surface area contributed by atoms with Crippen LogP contribution >= 0.6 is 0 Å². The van der Waals surface area contributed by atoms with Crippen molar-refractivity contribution in [2.75, 3.05) is 19.8 Å². The maximum atomic E-state index is 8.96. The molecule has 0 amide bonds. The third kappa shape index (κ3) is 2.56. The zero-order valence-electron chi connectivity index (χ0n) is 8.80. The lowest BCUT2D eigenvalue weighted by Crippen LogP contribution is -2.35. The minimum absolute atomic E-state index is 0.142. The van der Waals surface area contributed by atoms with Crippen molar-refractivity contribution < 1.29 is 9.94 Å². The number of hydroxylamine groups is 2. The summed E-state index contributed by atoms with van der Waals surface area (Å²) >= 11 is 0. The Morgan fingerprint density at radius 1 is 1.33 bits per heavy atom. The van der Waals surface area contributed by atoms with Gasteiger partial charge in [0.2, 0.25) is 0 Å². The SMILES string of the molecule is OCCN1OCCC[C@@H]1c1ccccc1. The van der Waals surface area contributed by atoms with Crippen LogP contribution < -0.4 is 0 Å². The van der Waals surface area contributed by atoms with Gasteiger partial charge in [-0.05, 0) is 18.4 Å². The van der Waals surface area contributed by atoms with Crippen LogP contribution in [0.15, 0.2) is 30.3 Å². The molecule has 0 aliphatic carbocycles. The first-order valence-electron chi connectivity index (χ1n) is 5.47. The number of aliphatic hydroxyl groups excluding tert-OH is 1. The summed E-state index contributed by atoms with van der Waals surface area (Å²) in [5, 5.41) is 10.9. The Hall–Kier alpha value is -0.900. The largest absolute Gasteiger partial charge is 0.395 e. The standard InChI is InChI=1S/C12H17NO2/c14-9-8-13-12(7-4-10-15-13)11-5-2-1-3-6-11/h1-3,5-6,12,14H,4,7-10H2/t12-/m1/s1. The fraction of sp³-hybridized carbons (Fsp3) is 0.500. The molecule has 1 saturated heterocycles. The molecule has 3 heteroatoms. The van der Waals surface area contributed by atoms with Gasteiger partial charge in [0.1, 0.15) is 0 Å². The quantitative estimate of drug-likeness (QED) is 0.819. The number of hydrogen-bond donors (Lipinski definition) is 1. The fourth-order valence-corrected chi connectivity index (χ4v) is 2.02. The van der Waals surface area contributed by atoms with Gasteiger partial charge in [-0.3, -0.25) is 4.84 Å². The van der Waals surface area contributed by atoms with Crippen LogP contribution in [-0.2, 0) is 4.84 Å². The van der Waals surface area contributed by atoms with E-state index in [1.54, 1.807) is 0 Å². The lowest BCUT2D eigenvalue weighted by molar-refractivity contribution is -0.217. The molecule has 0 saturated carbocycles. The molecule has 0 bridgehead atoms. The zero-order valence-corrected chi connectivity index (χ0v) is 8.80. The van der Waals surface area contributed by atoms with Crippen molar-refractivity contribution in [3.8, 4) is 0 Å². The Morgan fingerprint density at radius 2 is 2.13 bits per heavy atom. The second-order valence-corrected chi connectivity index (χ2v) is 3.77. The van der Waals surface area contributed by atoms with Gasteiger partial charge in [0.25, 0.3) is 0 Å². The highest BCUT2D eigenvalue weighted by Crippen LogP contribution is 2.29. The van der Waals surface area contributed by atoms with Gasteiger partial charge >= 0.3 is 0 Å². The topological polar surface area (TPSA) is 32.7 Å². The number of benzene rings is 1. The molecule has 0 unspecified atom stereocenters. The summed E-state index contributed by atoms with van der Waals surface area (Å²) in [4.78, 5) is 5.56. The van der Waals surface area contributed by atoms with Crippen LogP contribution in [-0.4, -0.2) is 29.9 Å². The summed E-state index contributed by atoms with van der Waals surface area (Å²) in [6, 6.07) is 10.6. The van der Waals surface area contributed by atoms with Crippen LogP contribution in [0.1, 0.15) is 24.4 Å². The third-order valence-electron chi connectivity index (χ3n) is 2.73. The molecular weight excluding hydrogens is 190 g/mol. The summed E-state index contributed by atoms with van der Waals surface area (Å²) in [6.07, 6.45) is 2.19. The van der Waals surface area contributed by atoms with E-state index >= 15 is 0 Å². The molecule has 1 aliphatic rings. The van der Waals surface area contributed by atoms with E-state index in [2.05, 4.69) is 12.1 Å². The second kappa shape index (κ2) is 5.26.